The molecule has 1 N–H and O–H groups in total. The summed E-state index contributed by atoms with van der Waals surface area (Å²) in [6.45, 7) is 3.41. The number of aryl methyl sites for hydroxylation is 1. The van der Waals surface area contributed by atoms with Crippen LogP contribution in [0.25, 0.3) is 10.9 Å². The first-order chi connectivity index (χ1) is 14.0. The van der Waals surface area contributed by atoms with Crippen molar-refractivity contribution >= 4 is 22.6 Å². The number of nitrogens with zero attached hydrogens (tertiary/aromatic N) is 4. The number of hydrogen-bond donors (Lipinski definition) is 1. The van der Waals surface area contributed by atoms with Crippen LogP contribution in [-0.2, 0) is 24.4 Å². The Morgan fingerprint density at radius 2 is 1.83 bits per heavy atom. The van der Waals surface area contributed by atoms with Crippen LogP contribution < -0.4 is 16.3 Å². The Morgan fingerprint density at radius 1 is 1.13 bits per heavy atom. The van der Waals surface area contributed by atoms with Crippen LogP contribution in [0.3, 0.4) is 0 Å². The van der Waals surface area contributed by atoms with Gasteiger partial charge in [-0.15, -0.1) is 0 Å². The number of nitrogens with one attached hydrogen (secondary N) is 1. The van der Waals surface area contributed by atoms with E-state index in [-0.39, 0.29) is 34.0 Å². The number of carbonyl (C=O) groups excluding carboxylic acids is 1. The van der Waals surface area contributed by atoms with Gasteiger partial charge < -0.3 is 5.32 Å². The van der Waals surface area contributed by atoms with E-state index in [0.29, 0.717) is 0 Å². The summed E-state index contributed by atoms with van der Waals surface area (Å²) < 4.78 is 41.5. The number of rotatable bonds is 4. The van der Waals surface area contributed by atoms with Crippen LogP contribution in [0.5, 0.6) is 0 Å². The lowest BCUT2D eigenvalue weighted by Crippen LogP contribution is -2.27. The van der Waals surface area contributed by atoms with Crippen LogP contribution in [0.1, 0.15) is 31.1 Å². The molecule has 0 saturated carbocycles. The number of alkyl halides is 3. The summed E-state index contributed by atoms with van der Waals surface area (Å²) in [5.74, 6) is -0.491. The first kappa shape index (κ1) is 21.2. The lowest BCUT2D eigenvalue weighted by atomic mass is 10.1. The number of halogens is 3. The number of aromatic nitrogens is 4. The highest BCUT2D eigenvalue weighted by atomic mass is 19.4. The van der Waals surface area contributed by atoms with Gasteiger partial charge in [-0.25, -0.2) is 4.68 Å². The molecule has 0 saturated heterocycles. The van der Waals surface area contributed by atoms with Gasteiger partial charge in [0.1, 0.15) is 5.69 Å². The Balaban J connectivity index is 2.00. The van der Waals surface area contributed by atoms with Crippen LogP contribution >= 0.6 is 0 Å². The average molecular weight is 421 g/mol. The van der Waals surface area contributed by atoms with Crippen molar-refractivity contribution in [2.75, 3.05) is 5.32 Å². The SMILES string of the molecule is CC(C)n1nc(CC(=O)Nc2ccc(=O)n(C)n2)c(=O)c2ccc(C(F)(F)F)cc21. The second kappa shape index (κ2) is 7.73. The van der Waals surface area contributed by atoms with E-state index < -0.39 is 29.5 Å². The molecule has 0 fully saturated rings. The number of hydrogen-bond acceptors (Lipinski definition) is 5. The molecule has 8 nitrogen and oxygen atoms in total. The van der Waals surface area contributed by atoms with E-state index in [2.05, 4.69) is 15.5 Å². The van der Waals surface area contributed by atoms with Gasteiger partial charge in [-0.1, -0.05) is 0 Å². The van der Waals surface area contributed by atoms with Crippen molar-refractivity contribution in [3.8, 4) is 0 Å². The second-order valence-corrected chi connectivity index (χ2v) is 6.95. The summed E-state index contributed by atoms with van der Waals surface area (Å²) in [6, 6.07) is 4.98. The minimum Gasteiger partial charge on any atom is -0.309 e. The molecule has 0 spiro atoms. The van der Waals surface area contributed by atoms with Crippen LogP contribution in [0.4, 0.5) is 19.0 Å². The minimum absolute atomic E-state index is 0.0358. The second-order valence-electron chi connectivity index (χ2n) is 6.95. The molecular formula is C19H18F3N5O3. The first-order valence-electron chi connectivity index (χ1n) is 8.94. The van der Waals surface area contributed by atoms with Gasteiger partial charge in [-0.3, -0.25) is 19.1 Å². The molecule has 1 aromatic carbocycles. The Kier molecular flexibility index (Phi) is 5.47. The number of carbonyl (C=O) groups is 1. The van der Waals surface area contributed by atoms with Gasteiger partial charge in [-0.05, 0) is 38.1 Å². The van der Waals surface area contributed by atoms with E-state index >= 15 is 0 Å². The van der Waals surface area contributed by atoms with Gasteiger partial charge in [-0.2, -0.15) is 23.4 Å². The molecule has 0 aliphatic rings. The standard InChI is InChI=1S/C19H18F3N5O3/c1-10(2)27-14-8-11(19(20,21)22)4-5-12(14)18(30)13(24-27)9-16(28)23-15-6-7-17(29)26(3)25-15/h4-8,10H,9H2,1-3H3,(H,23,25,28). The van der Waals surface area contributed by atoms with Crippen molar-refractivity contribution in [1.29, 1.82) is 0 Å². The zero-order valence-corrected chi connectivity index (χ0v) is 16.3. The molecule has 158 valence electrons. The summed E-state index contributed by atoms with van der Waals surface area (Å²) in [6.07, 6.45) is -4.97. The molecule has 1 amide bonds. The topological polar surface area (TPSA) is 98.9 Å². The molecule has 11 heteroatoms. The molecular weight excluding hydrogens is 403 g/mol. The van der Waals surface area contributed by atoms with Gasteiger partial charge in [0.2, 0.25) is 11.3 Å². The van der Waals surface area contributed by atoms with Gasteiger partial charge in [0, 0.05) is 24.5 Å². The molecule has 2 aromatic heterocycles. The lowest BCUT2D eigenvalue weighted by Gasteiger charge is -2.16. The molecule has 0 bridgehead atoms. The van der Waals surface area contributed by atoms with Crippen LogP contribution in [0.2, 0.25) is 0 Å². The van der Waals surface area contributed by atoms with Crippen molar-refractivity contribution in [2.24, 2.45) is 7.05 Å². The van der Waals surface area contributed by atoms with Crippen LogP contribution in [-0.4, -0.2) is 25.5 Å². The predicted molar refractivity (Wildman–Crippen MR) is 103 cm³/mol. The van der Waals surface area contributed by atoms with E-state index in [1.165, 1.54) is 23.9 Å². The van der Waals surface area contributed by atoms with Gasteiger partial charge in [0.05, 0.1) is 17.5 Å². The van der Waals surface area contributed by atoms with Crippen LogP contribution in [0.15, 0.2) is 39.9 Å². The maximum absolute atomic E-state index is 13.1. The Morgan fingerprint density at radius 3 is 2.43 bits per heavy atom. The van der Waals surface area contributed by atoms with Gasteiger partial charge >= 0.3 is 6.18 Å². The van der Waals surface area contributed by atoms with Crippen molar-refractivity contribution in [3.63, 3.8) is 0 Å². The van der Waals surface area contributed by atoms with E-state index in [9.17, 15) is 27.6 Å². The van der Waals surface area contributed by atoms with Crippen molar-refractivity contribution in [3.05, 3.63) is 62.2 Å². The first-order valence-corrected chi connectivity index (χ1v) is 8.94. The van der Waals surface area contributed by atoms with E-state index in [4.69, 9.17) is 0 Å². The average Bonchev–Trinajstić information content (AvgIpc) is 2.65. The number of amides is 1. The molecule has 0 atom stereocenters. The normalized spacial score (nSPS) is 11.8. The maximum atomic E-state index is 13.1. The lowest BCUT2D eigenvalue weighted by molar-refractivity contribution is -0.137. The van der Waals surface area contributed by atoms with E-state index in [1.54, 1.807) is 13.8 Å². The molecule has 30 heavy (non-hydrogen) atoms. The Hall–Kier alpha value is -3.50. The van der Waals surface area contributed by atoms with Crippen molar-refractivity contribution < 1.29 is 18.0 Å². The smallest absolute Gasteiger partial charge is 0.309 e. The highest BCUT2D eigenvalue weighted by Gasteiger charge is 2.31. The third-order valence-corrected chi connectivity index (χ3v) is 4.35. The molecule has 0 aliphatic carbocycles. The predicted octanol–water partition coefficient (Wildman–Crippen LogP) is 2.27. The molecule has 3 rings (SSSR count). The van der Waals surface area contributed by atoms with E-state index in [0.717, 1.165) is 22.9 Å². The summed E-state index contributed by atoms with van der Waals surface area (Å²) in [4.78, 5) is 36.5. The van der Waals surface area contributed by atoms with Crippen molar-refractivity contribution in [1.82, 2.24) is 19.6 Å². The number of anilines is 1. The molecule has 0 unspecified atom stereocenters. The van der Waals surface area contributed by atoms with Gasteiger partial charge in [0.25, 0.3) is 5.56 Å². The Bertz CT molecular complexity index is 1240. The van der Waals surface area contributed by atoms with Gasteiger partial charge in [0.15, 0.2) is 5.82 Å². The molecule has 3 aromatic rings. The minimum atomic E-state index is -4.56. The molecule has 0 aliphatic heterocycles. The monoisotopic (exact) mass is 421 g/mol. The number of benzene rings is 1. The number of fused-ring (bicyclic) bond motifs is 1. The summed E-state index contributed by atoms with van der Waals surface area (Å²) in [7, 11) is 1.42. The summed E-state index contributed by atoms with van der Waals surface area (Å²) in [5.41, 5.74) is -1.95. The van der Waals surface area contributed by atoms with Crippen LogP contribution in [0, 0.1) is 0 Å². The fraction of sp³-hybridized carbons (Fsp3) is 0.316. The third-order valence-electron chi connectivity index (χ3n) is 4.35. The zero-order chi connectivity index (χ0) is 22.2. The highest BCUT2D eigenvalue weighted by molar-refractivity contribution is 5.91. The highest BCUT2D eigenvalue weighted by Crippen LogP contribution is 2.31. The fourth-order valence-electron chi connectivity index (χ4n) is 2.89. The molecule has 2 heterocycles. The van der Waals surface area contributed by atoms with Crippen molar-refractivity contribution in [2.45, 2.75) is 32.5 Å². The summed E-state index contributed by atoms with van der Waals surface area (Å²) in [5, 5.41) is 10.5. The zero-order valence-electron chi connectivity index (χ0n) is 16.3. The largest absolute Gasteiger partial charge is 0.416 e. The van der Waals surface area contributed by atoms with E-state index in [1.807, 2.05) is 0 Å². The third kappa shape index (κ3) is 4.24. The summed E-state index contributed by atoms with van der Waals surface area (Å²) >= 11 is 0. The quantitative estimate of drug-likeness (QED) is 0.697. The fourth-order valence-corrected chi connectivity index (χ4v) is 2.89. The molecule has 0 radical (unpaired) electrons. The maximum Gasteiger partial charge on any atom is 0.416 e. The Labute approximate surface area is 167 Å².